The van der Waals surface area contributed by atoms with Crippen LogP contribution in [0.15, 0.2) is 0 Å². The Morgan fingerprint density at radius 1 is 1.42 bits per heavy atom. The summed E-state index contributed by atoms with van der Waals surface area (Å²) >= 11 is 0. The van der Waals surface area contributed by atoms with Gasteiger partial charge in [0.1, 0.15) is 0 Å². The third-order valence-corrected chi connectivity index (χ3v) is 2.17. The fourth-order valence-electron chi connectivity index (χ4n) is 1.35. The smallest absolute Gasteiger partial charge is 0.192 e. The molecule has 0 aromatic rings. The van der Waals surface area contributed by atoms with Crippen LogP contribution >= 0.6 is 0 Å². The number of piperazine rings is 1. The van der Waals surface area contributed by atoms with Gasteiger partial charge in [0.25, 0.3) is 0 Å². The average molecular weight is 178 g/mol. The molecule has 0 amide bonds. The van der Waals surface area contributed by atoms with Crippen molar-refractivity contribution in [3.63, 3.8) is 0 Å². The highest BCUT2D eigenvalue weighted by atomic mass is 19.2. The fourth-order valence-corrected chi connectivity index (χ4v) is 1.35. The summed E-state index contributed by atoms with van der Waals surface area (Å²) in [5, 5.41) is 0.280. The summed E-state index contributed by atoms with van der Waals surface area (Å²) in [5.41, 5.74) is 0. The summed E-state index contributed by atoms with van der Waals surface area (Å²) in [6.07, 6.45) is 0.752. The van der Waals surface area contributed by atoms with Crippen LogP contribution in [-0.2, 0) is 0 Å². The second-order valence-corrected chi connectivity index (χ2v) is 3.21. The number of hydrogen-bond donors (Lipinski definition) is 0. The fraction of sp³-hybridized carbons (Fsp3) is 1.00. The minimum absolute atomic E-state index is 0.199. The summed E-state index contributed by atoms with van der Waals surface area (Å²) in [7, 11) is 0. The van der Waals surface area contributed by atoms with Crippen LogP contribution in [0.25, 0.3) is 0 Å². The predicted molar refractivity (Wildman–Crippen MR) is 44.1 cm³/mol. The first-order valence-electron chi connectivity index (χ1n) is 4.53. The Bertz CT molecular complexity index is 130. The van der Waals surface area contributed by atoms with E-state index >= 15 is 0 Å². The molecule has 1 aliphatic rings. The number of nitrogens with zero attached hydrogens (tertiary/aromatic N) is 2. The molecule has 0 aromatic heterocycles. The monoisotopic (exact) mass is 178 g/mol. The molecular weight excluding hydrogens is 162 g/mol. The molecule has 1 fully saturated rings. The molecule has 1 saturated heterocycles. The Balaban J connectivity index is 2.21. The van der Waals surface area contributed by atoms with E-state index in [2.05, 4.69) is 6.92 Å². The molecule has 2 nitrogen and oxygen atoms in total. The molecule has 0 radical (unpaired) electrons. The van der Waals surface area contributed by atoms with Gasteiger partial charge < -0.3 is 0 Å². The van der Waals surface area contributed by atoms with Crippen molar-refractivity contribution in [2.45, 2.75) is 26.1 Å². The third kappa shape index (κ3) is 2.68. The van der Waals surface area contributed by atoms with E-state index in [9.17, 15) is 8.87 Å². The van der Waals surface area contributed by atoms with E-state index in [-0.39, 0.29) is 18.2 Å². The Labute approximate surface area is 72.1 Å². The first-order valence-corrected chi connectivity index (χ1v) is 4.53. The SMILES string of the molecule is CCCCN1CCN(F)C(F)C1. The van der Waals surface area contributed by atoms with E-state index in [1.54, 1.807) is 0 Å². The van der Waals surface area contributed by atoms with E-state index < -0.39 is 6.30 Å². The van der Waals surface area contributed by atoms with E-state index in [1.807, 2.05) is 4.90 Å². The Kier molecular flexibility index (Phi) is 3.88. The van der Waals surface area contributed by atoms with Crippen molar-refractivity contribution in [3.8, 4) is 0 Å². The van der Waals surface area contributed by atoms with Gasteiger partial charge in [-0.15, -0.1) is 9.60 Å². The minimum Gasteiger partial charge on any atom is -0.298 e. The zero-order chi connectivity index (χ0) is 8.97. The van der Waals surface area contributed by atoms with E-state index in [0.717, 1.165) is 19.4 Å². The predicted octanol–water partition coefficient (Wildman–Crippen LogP) is 1.58. The lowest BCUT2D eigenvalue weighted by atomic mass is 10.3. The molecule has 0 N–H and O–H groups in total. The van der Waals surface area contributed by atoms with Crippen LogP contribution in [0.2, 0.25) is 0 Å². The Hall–Kier alpha value is -0.220. The first kappa shape index (κ1) is 9.86. The molecule has 1 rings (SSSR count). The lowest BCUT2D eigenvalue weighted by Gasteiger charge is -2.32. The molecule has 1 unspecified atom stereocenters. The van der Waals surface area contributed by atoms with Gasteiger partial charge in [0, 0.05) is 19.6 Å². The molecule has 12 heavy (non-hydrogen) atoms. The standard InChI is InChI=1S/C8H16F2N2/c1-2-3-4-11-5-6-12(10)8(9)7-11/h8H,2-7H2,1H3. The van der Waals surface area contributed by atoms with Crippen LogP contribution in [0, 0.1) is 0 Å². The number of alkyl halides is 1. The quantitative estimate of drug-likeness (QED) is 0.478. The van der Waals surface area contributed by atoms with Gasteiger partial charge >= 0.3 is 0 Å². The van der Waals surface area contributed by atoms with E-state index in [1.165, 1.54) is 0 Å². The maximum absolute atomic E-state index is 12.8. The molecule has 0 aliphatic carbocycles. The summed E-state index contributed by atoms with van der Waals surface area (Å²) < 4.78 is 25.3. The summed E-state index contributed by atoms with van der Waals surface area (Å²) in [5.74, 6) is 0. The van der Waals surface area contributed by atoms with Crippen molar-refractivity contribution in [1.82, 2.24) is 10.0 Å². The normalized spacial score (nSPS) is 27.8. The zero-order valence-electron chi connectivity index (χ0n) is 7.47. The number of unbranched alkanes of at least 4 members (excludes halogenated alkanes) is 1. The highest BCUT2D eigenvalue weighted by molar-refractivity contribution is 4.70. The summed E-state index contributed by atoms with van der Waals surface area (Å²) in [4.78, 5) is 1.98. The topological polar surface area (TPSA) is 6.48 Å². The second kappa shape index (κ2) is 4.72. The maximum Gasteiger partial charge on any atom is 0.192 e. The van der Waals surface area contributed by atoms with Crippen molar-refractivity contribution in [2.75, 3.05) is 26.2 Å². The lowest BCUT2D eigenvalue weighted by Crippen LogP contribution is -2.47. The Morgan fingerprint density at radius 2 is 2.17 bits per heavy atom. The zero-order valence-corrected chi connectivity index (χ0v) is 7.47. The highest BCUT2D eigenvalue weighted by Crippen LogP contribution is 2.11. The van der Waals surface area contributed by atoms with Crippen molar-refractivity contribution in [1.29, 1.82) is 0 Å². The average Bonchev–Trinajstić information content (AvgIpc) is 2.07. The van der Waals surface area contributed by atoms with Gasteiger partial charge in [0.15, 0.2) is 6.30 Å². The van der Waals surface area contributed by atoms with Gasteiger partial charge in [-0.1, -0.05) is 13.3 Å². The van der Waals surface area contributed by atoms with Crippen LogP contribution < -0.4 is 0 Å². The van der Waals surface area contributed by atoms with E-state index in [0.29, 0.717) is 6.54 Å². The van der Waals surface area contributed by atoms with Crippen LogP contribution in [0.5, 0.6) is 0 Å². The van der Waals surface area contributed by atoms with Gasteiger partial charge in [-0.25, -0.2) is 4.39 Å². The van der Waals surface area contributed by atoms with Crippen molar-refractivity contribution in [2.24, 2.45) is 0 Å². The van der Waals surface area contributed by atoms with Gasteiger partial charge in [-0.05, 0) is 13.0 Å². The summed E-state index contributed by atoms with van der Waals surface area (Å²) in [6, 6.07) is 0. The van der Waals surface area contributed by atoms with Crippen LogP contribution in [-0.4, -0.2) is 42.5 Å². The largest absolute Gasteiger partial charge is 0.298 e. The number of hydrogen-bond acceptors (Lipinski definition) is 2. The first-order chi connectivity index (χ1) is 5.74. The van der Waals surface area contributed by atoms with Gasteiger partial charge in [0.05, 0.1) is 0 Å². The van der Waals surface area contributed by atoms with Crippen molar-refractivity contribution >= 4 is 0 Å². The van der Waals surface area contributed by atoms with Crippen LogP contribution in [0.4, 0.5) is 8.87 Å². The molecule has 0 saturated carbocycles. The lowest BCUT2D eigenvalue weighted by molar-refractivity contribution is -0.121. The molecule has 1 heterocycles. The second-order valence-electron chi connectivity index (χ2n) is 3.21. The molecule has 1 atom stereocenters. The van der Waals surface area contributed by atoms with E-state index in [4.69, 9.17) is 0 Å². The van der Waals surface area contributed by atoms with Gasteiger partial charge in [-0.3, -0.25) is 4.90 Å². The Morgan fingerprint density at radius 3 is 2.75 bits per heavy atom. The van der Waals surface area contributed by atoms with Gasteiger partial charge in [-0.2, -0.15) is 0 Å². The third-order valence-electron chi connectivity index (χ3n) is 2.17. The number of rotatable bonds is 3. The maximum atomic E-state index is 12.8. The number of halogens is 2. The molecule has 72 valence electrons. The highest BCUT2D eigenvalue weighted by Gasteiger charge is 2.25. The molecule has 0 bridgehead atoms. The molecule has 0 spiro atoms. The summed E-state index contributed by atoms with van der Waals surface area (Å²) in [6.45, 7) is 4.06. The van der Waals surface area contributed by atoms with Crippen LogP contribution in [0.1, 0.15) is 19.8 Å². The molecule has 4 heteroatoms. The van der Waals surface area contributed by atoms with Crippen molar-refractivity contribution in [3.05, 3.63) is 0 Å². The molecule has 0 aromatic carbocycles. The molecule has 1 aliphatic heterocycles. The molecular formula is C8H16F2N2. The van der Waals surface area contributed by atoms with Crippen LogP contribution in [0.3, 0.4) is 0 Å². The minimum atomic E-state index is -1.42. The van der Waals surface area contributed by atoms with Gasteiger partial charge in [0.2, 0.25) is 0 Å². The van der Waals surface area contributed by atoms with Crippen molar-refractivity contribution < 1.29 is 8.87 Å².